The predicted octanol–water partition coefficient (Wildman–Crippen LogP) is 0.540. The first-order valence-corrected chi connectivity index (χ1v) is 5.64. The minimum absolute atomic E-state index is 0.0189. The van der Waals surface area contributed by atoms with Gasteiger partial charge in [-0.3, -0.25) is 9.59 Å². The van der Waals surface area contributed by atoms with E-state index in [2.05, 4.69) is 0 Å². The summed E-state index contributed by atoms with van der Waals surface area (Å²) < 4.78 is 0. The number of hydrogen-bond donors (Lipinski definition) is 2. The van der Waals surface area contributed by atoms with Gasteiger partial charge in [0.15, 0.2) is 0 Å². The van der Waals surface area contributed by atoms with Gasteiger partial charge in [-0.05, 0) is 12.8 Å². The van der Waals surface area contributed by atoms with Crippen LogP contribution >= 0.6 is 0 Å². The quantitative estimate of drug-likeness (QED) is 0.668. The highest BCUT2D eigenvalue weighted by Crippen LogP contribution is 2.13. The van der Waals surface area contributed by atoms with Crippen LogP contribution in [0.25, 0.3) is 0 Å². The summed E-state index contributed by atoms with van der Waals surface area (Å²) in [6.07, 6.45) is -0.0189. The Morgan fingerprint density at radius 1 is 1.38 bits per heavy atom. The zero-order valence-electron chi connectivity index (χ0n) is 10.3. The average Bonchev–Trinajstić information content (AvgIpc) is 2.18. The minimum Gasteiger partial charge on any atom is -0.481 e. The van der Waals surface area contributed by atoms with E-state index in [0.717, 1.165) is 0 Å². The molecule has 1 amide bonds. The van der Waals surface area contributed by atoms with E-state index in [-0.39, 0.29) is 30.7 Å². The van der Waals surface area contributed by atoms with E-state index in [4.69, 9.17) is 10.8 Å². The normalized spacial score (nSPS) is 12.6. The Hall–Kier alpha value is -1.10. The van der Waals surface area contributed by atoms with Crippen molar-refractivity contribution in [3.8, 4) is 0 Å². The number of aliphatic carboxylic acids is 1. The Bertz CT molecular complexity index is 241. The van der Waals surface area contributed by atoms with Crippen molar-refractivity contribution in [2.45, 2.75) is 27.2 Å². The molecule has 0 fully saturated rings. The van der Waals surface area contributed by atoms with E-state index >= 15 is 0 Å². The zero-order valence-corrected chi connectivity index (χ0v) is 10.3. The van der Waals surface area contributed by atoms with Crippen LogP contribution in [0, 0.1) is 11.8 Å². The number of carboxylic acid groups (broad SMARTS) is 1. The molecule has 94 valence electrons. The molecule has 5 nitrogen and oxygen atoms in total. The van der Waals surface area contributed by atoms with Crippen molar-refractivity contribution in [3.05, 3.63) is 0 Å². The van der Waals surface area contributed by atoms with Crippen LogP contribution in [0.4, 0.5) is 0 Å². The van der Waals surface area contributed by atoms with Crippen LogP contribution in [0.2, 0.25) is 0 Å². The third-order valence-corrected chi connectivity index (χ3v) is 2.66. The molecule has 0 aromatic rings. The van der Waals surface area contributed by atoms with Crippen LogP contribution in [-0.2, 0) is 9.59 Å². The number of nitrogens with zero attached hydrogens (tertiary/aromatic N) is 1. The van der Waals surface area contributed by atoms with Gasteiger partial charge < -0.3 is 15.7 Å². The highest BCUT2D eigenvalue weighted by molar-refractivity contribution is 5.80. The molecular weight excluding hydrogens is 208 g/mol. The molecule has 0 bridgehead atoms. The van der Waals surface area contributed by atoms with Crippen LogP contribution in [0.5, 0.6) is 0 Å². The van der Waals surface area contributed by atoms with Gasteiger partial charge in [0.25, 0.3) is 0 Å². The van der Waals surface area contributed by atoms with Gasteiger partial charge >= 0.3 is 5.97 Å². The Morgan fingerprint density at radius 3 is 2.25 bits per heavy atom. The van der Waals surface area contributed by atoms with Crippen LogP contribution in [0.1, 0.15) is 27.2 Å². The summed E-state index contributed by atoms with van der Waals surface area (Å²) in [6.45, 7) is 6.82. The van der Waals surface area contributed by atoms with Crippen molar-refractivity contribution >= 4 is 11.9 Å². The first-order valence-electron chi connectivity index (χ1n) is 5.64. The zero-order chi connectivity index (χ0) is 12.7. The average molecular weight is 230 g/mol. The van der Waals surface area contributed by atoms with E-state index in [1.54, 1.807) is 4.90 Å². The van der Waals surface area contributed by atoms with Crippen molar-refractivity contribution in [1.82, 2.24) is 4.90 Å². The highest BCUT2D eigenvalue weighted by Gasteiger charge is 2.25. The third-order valence-electron chi connectivity index (χ3n) is 2.66. The number of carboxylic acids is 1. The van der Waals surface area contributed by atoms with Crippen LogP contribution in [0.3, 0.4) is 0 Å². The monoisotopic (exact) mass is 230 g/mol. The number of carbonyl (C=O) groups excluding carboxylic acids is 1. The van der Waals surface area contributed by atoms with E-state index < -0.39 is 5.97 Å². The smallest absolute Gasteiger partial charge is 0.305 e. The Balaban J connectivity index is 4.44. The first kappa shape index (κ1) is 14.9. The van der Waals surface area contributed by atoms with Crippen molar-refractivity contribution in [2.24, 2.45) is 17.6 Å². The highest BCUT2D eigenvalue weighted by atomic mass is 16.4. The summed E-state index contributed by atoms with van der Waals surface area (Å²) in [6, 6.07) is 0. The molecule has 0 heterocycles. The van der Waals surface area contributed by atoms with Crippen molar-refractivity contribution in [1.29, 1.82) is 0 Å². The molecular formula is C11H22N2O3. The van der Waals surface area contributed by atoms with E-state index in [1.165, 1.54) is 0 Å². The lowest BCUT2D eigenvalue weighted by Crippen LogP contribution is -2.42. The molecule has 5 heteroatoms. The number of nitrogens with two attached hydrogens (primary N) is 1. The molecule has 0 spiro atoms. The van der Waals surface area contributed by atoms with Crippen LogP contribution in [0.15, 0.2) is 0 Å². The summed E-state index contributed by atoms with van der Waals surface area (Å²) in [4.78, 5) is 24.0. The molecule has 0 saturated heterocycles. The molecule has 1 atom stereocenters. The van der Waals surface area contributed by atoms with Gasteiger partial charge in [-0.15, -0.1) is 0 Å². The summed E-state index contributed by atoms with van der Waals surface area (Å²) in [5.41, 5.74) is 5.56. The summed E-state index contributed by atoms with van der Waals surface area (Å²) in [5, 5.41) is 8.58. The molecule has 0 radical (unpaired) electrons. The standard InChI is InChI=1S/C11H22N2O3/c1-4-13(6-5-10(14)15)11(16)9(7-12)8(2)3/h8-9H,4-7,12H2,1-3H3,(H,14,15). The molecule has 0 aliphatic rings. The largest absolute Gasteiger partial charge is 0.481 e. The summed E-state index contributed by atoms with van der Waals surface area (Å²) in [5.74, 6) is -0.966. The third kappa shape index (κ3) is 4.61. The lowest BCUT2D eigenvalue weighted by Gasteiger charge is -2.27. The lowest BCUT2D eigenvalue weighted by molar-refractivity contribution is -0.140. The Labute approximate surface area is 96.6 Å². The second-order valence-electron chi connectivity index (χ2n) is 4.15. The van der Waals surface area contributed by atoms with Gasteiger partial charge in [-0.2, -0.15) is 0 Å². The van der Waals surface area contributed by atoms with Crippen LogP contribution < -0.4 is 5.73 Å². The fraction of sp³-hybridized carbons (Fsp3) is 0.818. The number of hydrogen-bond acceptors (Lipinski definition) is 3. The Morgan fingerprint density at radius 2 is 1.94 bits per heavy atom. The maximum absolute atomic E-state index is 12.0. The number of carbonyl (C=O) groups is 2. The number of amides is 1. The summed E-state index contributed by atoms with van der Waals surface area (Å²) in [7, 11) is 0. The molecule has 0 saturated carbocycles. The fourth-order valence-electron chi connectivity index (χ4n) is 1.55. The Kier molecular flexibility index (Phi) is 6.72. The summed E-state index contributed by atoms with van der Waals surface area (Å²) >= 11 is 0. The topological polar surface area (TPSA) is 83.6 Å². The van der Waals surface area contributed by atoms with Crippen molar-refractivity contribution in [2.75, 3.05) is 19.6 Å². The molecule has 0 aliphatic heterocycles. The van der Waals surface area contributed by atoms with Gasteiger partial charge in [0, 0.05) is 19.6 Å². The van der Waals surface area contributed by atoms with E-state index in [0.29, 0.717) is 13.1 Å². The van der Waals surface area contributed by atoms with E-state index in [9.17, 15) is 9.59 Å². The predicted molar refractivity (Wildman–Crippen MR) is 61.9 cm³/mol. The first-order chi connectivity index (χ1) is 7.43. The van der Waals surface area contributed by atoms with Gasteiger partial charge in [0.1, 0.15) is 0 Å². The van der Waals surface area contributed by atoms with Gasteiger partial charge in [-0.25, -0.2) is 0 Å². The van der Waals surface area contributed by atoms with Gasteiger partial charge in [0.05, 0.1) is 12.3 Å². The SMILES string of the molecule is CCN(CCC(=O)O)C(=O)C(CN)C(C)C. The second-order valence-corrected chi connectivity index (χ2v) is 4.15. The molecule has 16 heavy (non-hydrogen) atoms. The molecule has 3 N–H and O–H groups in total. The van der Waals surface area contributed by atoms with Crippen molar-refractivity contribution in [3.63, 3.8) is 0 Å². The maximum atomic E-state index is 12.0. The molecule has 0 aromatic carbocycles. The minimum atomic E-state index is -0.889. The molecule has 0 rings (SSSR count). The van der Waals surface area contributed by atoms with Gasteiger partial charge in [0.2, 0.25) is 5.91 Å². The second kappa shape index (κ2) is 7.22. The number of rotatable bonds is 7. The maximum Gasteiger partial charge on any atom is 0.305 e. The molecule has 1 unspecified atom stereocenters. The fourth-order valence-corrected chi connectivity index (χ4v) is 1.55. The van der Waals surface area contributed by atoms with Gasteiger partial charge in [-0.1, -0.05) is 13.8 Å². The van der Waals surface area contributed by atoms with Crippen molar-refractivity contribution < 1.29 is 14.7 Å². The van der Waals surface area contributed by atoms with E-state index in [1.807, 2.05) is 20.8 Å². The van der Waals surface area contributed by atoms with Crippen LogP contribution in [-0.4, -0.2) is 41.5 Å². The molecule has 0 aliphatic carbocycles. The molecule has 0 aromatic heterocycles. The lowest BCUT2D eigenvalue weighted by atomic mass is 9.94.